The Kier molecular flexibility index (Phi) is 5.55. The highest BCUT2D eigenvalue weighted by Crippen LogP contribution is 2.10. The van der Waals surface area contributed by atoms with Crippen molar-refractivity contribution in [1.82, 2.24) is 5.32 Å². The van der Waals surface area contributed by atoms with Crippen molar-refractivity contribution in [3.8, 4) is 0 Å². The lowest BCUT2D eigenvalue weighted by atomic mass is 10.00. The zero-order chi connectivity index (χ0) is 14.4. The first kappa shape index (κ1) is 15.2. The van der Waals surface area contributed by atoms with E-state index in [1.165, 1.54) is 0 Å². The molecule has 0 aliphatic heterocycles. The third kappa shape index (κ3) is 5.12. The molecule has 19 heavy (non-hydrogen) atoms. The summed E-state index contributed by atoms with van der Waals surface area (Å²) in [6.45, 7) is 5.77. The third-order valence-corrected chi connectivity index (χ3v) is 3.16. The van der Waals surface area contributed by atoms with Crippen LogP contribution in [-0.4, -0.2) is 23.0 Å². The molecule has 0 aromatic heterocycles. The Balaban J connectivity index is 2.63. The molecule has 1 amide bonds. The lowest BCUT2D eigenvalue weighted by Crippen LogP contribution is -2.40. The lowest BCUT2D eigenvalue weighted by molar-refractivity contribution is -0.138. The van der Waals surface area contributed by atoms with Crippen molar-refractivity contribution in [2.24, 2.45) is 5.92 Å². The fraction of sp³-hybridized carbons (Fsp3) is 0.467. The van der Waals surface area contributed by atoms with E-state index >= 15 is 0 Å². The molecule has 0 aliphatic carbocycles. The van der Waals surface area contributed by atoms with E-state index in [9.17, 15) is 9.59 Å². The number of carboxylic acids is 1. The first-order valence-electron chi connectivity index (χ1n) is 6.45. The van der Waals surface area contributed by atoms with Crippen LogP contribution in [0.2, 0.25) is 0 Å². The molecule has 104 valence electrons. The molecule has 0 bridgehead atoms. The van der Waals surface area contributed by atoms with E-state index in [-0.39, 0.29) is 30.7 Å². The molecule has 1 aromatic rings. The zero-order valence-corrected chi connectivity index (χ0v) is 11.6. The summed E-state index contributed by atoms with van der Waals surface area (Å²) in [5.41, 5.74) is 2.04. The second-order valence-electron chi connectivity index (χ2n) is 5.12. The van der Waals surface area contributed by atoms with Crippen molar-refractivity contribution in [3.63, 3.8) is 0 Å². The summed E-state index contributed by atoms with van der Waals surface area (Å²) in [7, 11) is 0. The van der Waals surface area contributed by atoms with Gasteiger partial charge in [-0.2, -0.15) is 0 Å². The average molecular weight is 263 g/mol. The largest absolute Gasteiger partial charge is 0.481 e. The molecular weight excluding hydrogens is 242 g/mol. The molecule has 1 rings (SSSR count). The minimum atomic E-state index is -0.894. The van der Waals surface area contributed by atoms with E-state index in [2.05, 4.69) is 5.32 Å². The van der Waals surface area contributed by atoms with Crippen LogP contribution >= 0.6 is 0 Å². The van der Waals surface area contributed by atoms with E-state index in [1.807, 2.05) is 45.0 Å². The topological polar surface area (TPSA) is 66.4 Å². The smallest absolute Gasteiger partial charge is 0.305 e. The molecule has 4 heteroatoms. The molecule has 1 atom stereocenters. The normalized spacial score (nSPS) is 12.2. The van der Waals surface area contributed by atoms with Gasteiger partial charge in [0.25, 0.3) is 0 Å². The SMILES string of the molecule is Cc1ccccc1CC(=O)NC(CC(=O)O)C(C)C. The Morgan fingerprint density at radius 3 is 2.42 bits per heavy atom. The number of aliphatic carboxylic acids is 1. The van der Waals surface area contributed by atoms with E-state index in [4.69, 9.17) is 5.11 Å². The van der Waals surface area contributed by atoms with Crippen LogP contribution in [0.25, 0.3) is 0 Å². The van der Waals surface area contributed by atoms with Gasteiger partial charge < -0.3 is 10.4 Å². The van der Waals surface area contributed by atoms with Crippen LogP contribution in [-0.2, 0) is 16.0 Å². The summed E-state index contributed by atoms with van der Waals surface area (Å²) in [4.78, 5) is 22.7. The molecule has 0 saturated carbocycles. The number of amides is 1. The van der Waals surface area contributed by atoms with Crippen LogP contribution in [0.3, 0.4) is 0 Å². The van der Waals surface area contributed by atoms with E-state index in [0.717, 1.165) is 11.1 Å². The maximum atomic E-state index is 12.0. The van der Waals surface area contributed by atoms with Crippen molar-refractivity contribution in [2.75, 3.05) is 0 Å². The van der Waals surface area contributed by atoms with Gasteiger partial charge in [-0.15, -0.1) is 0 Å². The molecular formula is C15H21NO3. The Morgan fingerprint density at radius 1 is 1.26 bits per heavy atom. The van der Waals surface area contributed by atoms with E-state index < -0.39 is 5.97 Å². The van der Waals surface area contributed by atoms with Crippen LogP contribution in [0.1, 0.15) is 31.4 Å². The summed E-state index contributed by atoms with van der Waals surface area (Å²) in [6, 6.07) is 7.37. The standard InChI is InChI=1S/C15H21NO3/c1-10(2)13(9-15(18)19)16-14(17)8-12-7-5-4-6-11(12)3/h4-7,10,13H,8-9H2,1-3H3,(H,16,17)(H,18,19). The van der Waals surface area contributed by atoms with Gasteiger partial charge in [-0.1, -0.05) is 38.1 Å². The van der Waals surface area contributed by atoms with Gasteiger partial charge in [-0.25, -0.2) is 0 Å². The van der Waals surface area contributed by atoms with E-state index in [0.29, 0.717) is 0 Å². The molecule has 0 fully saturated rings. The monoisotopic (exact) mass is 263 g/mol. The highest BCUT2D eigenvalue weighted by Gasteiger charge is 2.19. The minimum absolute atomic E-state index is 0.0445. The maximum Gasteiger partial charge on any atom is 0.305 e. The molecule has 1 unspecified atom stereocenters. The first-order valence-corrected chi connectivity index (χ1v) is 6.45. The molecule has 0 aliphatic rings. The van der Waals surface area contributed by atoms with Gasteiger partial charge in [-0.05, 0) is 24.0 Å². The molecule has 1 aromatic carbocycles. The molecule has 2 N–H and O–H groups in total. The van der Waals surface area contributed by atoms with Gasteiger partial charge in [0, 0.05) is 6.04 Å². The average Bonchev–Trinajstić information content (AvgIpc) is 2.30. The summed E-state index contributed by atoms with van der Waals surface area (Å²) in [5.74, 6) is -0.930. The fourth-order valence-corrected chi connectivity index (χ4v) is 1.88. The minimum Gasteiger partial charge on any atom is -0.481 e. The van der Waals surface area contributed by atoms with Crippen molar-refractivity contribution < 1.29 is 14.7 Å². The van der Waals surface area contributed by atoms with Gasteiger partial charge in [-0.3, -0.25) is 9.59 Å². The number of carbonyl (C=O) groups is 2. The van der Waals surface area contributed by atoms with Crippen molar-refractivity contribution >= 4 is 11.9 Å². The summed E-state index contributed by atoms with van der Waals surface area (Å²) in [5, 5.41) is 11.6. The van der Waals surface area contributed by atoms with E-state index in [1.54, 1.807) is 0 Å². The lowest BCUT2D eigenvalue weighted by Gasteiger charge is -2.20. The number of rotatable bonds is 6. The van der Waals surface area contributed by atoms with Crippen LogP contribution in [0.5, 0.6) is 0 Å². The summed E-state index contributed by atoms with van der Waals surface area (Å²) < 4.78 is 0. The number of aryl methyl sites for hydroxylation is 1. The molecule has 0 spiro atoms. The number of benzene rings is 1. The number of carboxylic acid groups (broad SMARTS) is 1. The molecule has 4 nitrogen and oxygen atoms in total. The third-order valence-electron chi connectivity index (χ3n) is 3.16. The van der Waals surface area contributed by atoms with Crippen LogP contribution in [0.15, 0.2) is 24.3 Å². The maximum absolute atomic E-state index is 12.0. The van der Waals surface area contributed by atoms with Crippen LogP contribution in [0, 0.1) is 12.8 Å². The predicted octanol–water partition coefficient (Wildman–Crippen LogP) is 2.15. The number of nitrogens with one attached hydrogen (secondary N) is 1. The van der Waals surface area contributed by atoms with Crippen LogP contribution < -0.4 is 5.32 Å². The summed E-state index contributed by atoms with van der Waals surface area (Å²) in [6.07, 6.45) is 0.243. The Labute approximate surface area is 113 Å². The number of hydrogen-bond donors (Lipinski definition) is 2. The van der Waals surface area contributed by atoms with Crippen LogP contribution in [0.4, 0.5) is 0 Å². The van der Waals surface area contributed by atoms with Crippen molar-refractivity contribution in [2.45, 2.75) is 39.7 Å². The highest BCUT2D eigenvalue weighted by molar-refractivity contribution is 5.80. The molecule has 0 saturated heterocycles. The number of hydrogen-bond acceptors (Lipinski definition) is 2. The second-order valence-corrected chi connectivity index (χ2v) is 5.12. The Morgan fingerprint density at radius 2 is 1.89 bits per heavy atom. The quantitative estimate of drug-likeness (QED) is 0.826. The van der Waals surface area contributed by atoms with Gasteiger partial charge in [0.15, 0.2) is 0 Å². The Hall–Kier alpha value is -1.84. The second kappa shape index (κ2) is 6.92. The number of carbonyl (C=O) groups excluding carboxylic acids is 1. The van der Waals surface area contributed by atoms with Gasteiger partial charge >= 0.3 is 5.97 Å². The first-order chi connectivity index (χ1) is 8.90. The summed E-state index contributed by atoms with van der Waals surface area (Å²) >= 11 is 0. The van der Waals surface area contributed by atoms with Crippen molar-refractivity contribution in [3.05, 3.63) is 35.4 Å². The van der Waals surface area contributed by atoms with Gasteiger partial charge in [0.1, 0.15) is 0 Å². The molecule has 0 radical (unpaired) electrons. The fourth-order valence-electron chi connectivity index (χ4n) is 1.88. The zero-order valence-electron chi connectivity index (χ0n) is 11.6. The van der Waals surface area contributed by atoms with Crippen molar-refractivity contribution in [1.29, 1.82) is 0 Å². The predicted molar refractivity (Wildman–Crippen MR) is 73.9 cm³/mol. The highest BCUT2D eigenvalue weighted by atomic mass is 16.4. The molecule has 0 heterocycles. The van der Waals surface area contributed by atoms with Gasteiger partial charge in [0.2, 0.25) is 5.91 Å². The Bertz CT molecular complexity index is 454. The van der Waals surface area contributed by atoms with Gasteiger partial charge in [0.05, 0.1) is 12.8 Å².